The Hall–Kier alpha value is -0.570. The molecule has 2 aliphatic heterocycles. The van der Waals surface area contributed by atoms with Gasteiger partial charge in [-0.15, -0.1) is 0 Å². The van der Waals surface area contributed by atoms with E-state index >= 15 is 0 Å². The lowest BCUT2D eigenvalue weighted by Gasteiger charge is -2.40. The van der Waals surface area contributed by atoms with Crippen LogP contribution in [0.2, 0.25) is 0 Å². The summed E-state index contributed by atoms with van der Waals surface area (Å²) < 4.78 is 0. The predicted octanol–water partition coefficient (Wildman–Crippen LogP) is 1.24. The standard InChI is InChI=1S/C13H22N2O/c16-13(7-10-1-2-10)15-5-3-11(4-6-15)12-8-14-9-12/h10-12,14H,1-9H2. The zero-order valence-corrected chi connectivity index (χ0v) is 9.95. The number of rotatable bonds is 3. The molecule has 0 radical (unpaired) electrons. The molecule has 3 fully saturated rings. The van der Waals surface area contributed by atoms with Gasteiger partial charge >= 0.3 is 0 Å². The molecule has 1 amide bonds. The van der Waals surface area contributed by atoms with E-state index in [1.54, 1.807) is 0 Å². The van der Waals surface area contributed by atoms with Crippen molar-refractivity contribution < 1.29 is 4.79 Å². The molecule has 1 N–H and O–H groups in total. The van der Waals surface area contributed by atoms with Crippen molar-refractivity contribution >= 4 is 5.91 Å². The van der Waals surface area contributed by atoms with Crippen LogP contribution in [0.4, 0.5) is 0 Å². The lowest BCUT2D eigenvalue weighted by Crippen LogP contribution is -2.49. The van der Waals surface area contributed by atoms with Gasteiger partial charge in [-0.2, -0.15) is 0 Å². The van der Waals surface area contributed by atoms with Gasteiger partial charge in [-0.1, -0.05) is 0 Å². The first-order valence-corrected chi connectivity index (χ1v) is 6.81. The van der Waals surface area contributed by atoms with Crippen LogP contribution >= 0.6 is 0 Å². The summed E-state index contributed by atoms with van der Waals surface area (Å²) in [5.74, 6) is 2.95. The summed E-state index contributed by atoms with van der Waals surface area (Å²) in [4.78, 5) is 14.0. The van der Waals surface area contributed by atoms with Gasteiger partial charge in [0.1, 0.15) is 0 Å². The molecule has 0 bridgehead atoms. The molecule has 1 saturated carbocycles. The summed E-state index contributed by atoms with van der Waals surface area (Å²) in [7, 11) is 0. The molecule has 1 aliphatic carbocycles. The number of amides is 1. The van der Waals surface area contributed by atoms with Crippen LogP contribution in [0.25, 0.3) is 0 Å². The smallest absolute Gasteiger partial charge is 0.222 e. The highest BCUT2D eigenvalue weighted by molar-refractivity contribution is 5.76. The summed E-state index contributed by atoms with van der Waals surface area (Å²) in [6.07, 6.45) is 5.88. The molecule has 0 atom stereocenters. The van der Waals surface area contributed by atoms with Crippen molar-refractivity contribution in [3.05, 3.63) is 0 Å². The molecule has 0 aromatic heterocycles. The largest absolute Gasteiger partial charge is 0.343 e. The Kier molecular flexibility index (Phi) is 2.88. The van der Waals surface area contributed by atoms with Crippen LogP contribution in [0.5, 0.6) is 0 Å². The second-order valence-corrected chi connectivity index (χ2v) is 5.78. The Bertz CT molecular complexity index is 263. The number of nitrogens with one attached hydrogen (secondary N) is 1. The minimum absolute atomic E-state index is 0.424. The lowest BCUT2D eigenvalue weighted by atomic mass is 9.81. The third-order valence-corrected chi connectivity index (χ3v) is 4.53. The van der Waals surface area contributed by atoms with E-state index in [1.807, 2.05) is 0 Å². The van der Waals surface area contributed by atoms with Crippen molar-refractivity contribution in [1.82, 2.24) is 10.2 Å². The van der Waals surface area contributed by atoms with Crippen LogP contribution in [-0.2, 0) is 4.79 Å². The monoisotopic (exact) mass is 222 g/mol. The van der Waals surface area contributed by atoms with Crippen molar-refractivity contribution in [2.75, 3.05) is 26.2 Å². The molecular formula is C13H22N2O. The van der Waals surface area contributed by atoms with E-state index in [0.29, 0.717) is 5.91 Å². The zero-order valence-electron chi connectivity index (χ0n) is 9.95. The first-order valence-electron chi connectivity index (χ1n) is 6.81. The van der Waals surface area contributed by atoms with Crippen LogP contribution in [-0.4, -0.2) is 37.0 Å². The molecule has 3 heteroatoms. The Balaban J connectivity index is 1.43. The fourth-order valence-electron chi connectivity index (χ4n) is 2.96. The molecule has 2 heterocycles. The first kappa shape index (κ1) is 10.6. The fraction of sp³-hybridized carbons (Fsp3) is 0.923. The molecule has 0 unspecified atom stereocenters. The lowest BCUT2D eigenvalue weighted by molar-refractivity contribution is -0.133. The Labute approximate surface area is 97.6 Å². The van der Waals surface area contributed by atoms with Gasteiger partial charge < -0.3 is 10.2 Å². The highest BCUT2D eigenvalue weighted by Gasteiger charge is 2.33. The molecule has 3 aliphatic rings. The molecular weight excluding hydrogens is 200 g/mol. The molecule has 0 aromatic rings. The summed E-state index contributed by atoms with van der Waals surface area (Å²) in [6, 6.07) is 0. The summed E-state index contributed by atoms with van der Waals surface area (Å²) in [5.41, 5.74) is 0. The summed E-state index contributed by atoms with van der Waals surface area (Å²) >= 11 is 0. The van der Waals surface area contributed by atoms with Crippen molar-refractivity contribution in [3.63, 3.8) is 0 Å². The Morgan fingerprint density at radius 1 is 1.06 bits per heavy atom. The van der Waals surface area contributed by atoms with E-state index in [2.05, 4.69) is 10.2 Å². The van der Waals surface area contributed by atoms with Crippen LogP contribution in [0, 0.1) is 17.8 Å². The van der Waals surface area contributed by atoms with Crippen LogP contribution in [0.1, 0.15) is 32.1 Å². The predicted molar refractivity (Wildman–Crippen MR) is 63.0 cm³/mol. The average molecular weight is 222 g/mol. The molecule has 3 nitrogen and oxygen atoms in total. The minimum atomic E-state index is 0.424. The number of hydrogen-bond acceptors (Lipinski definition) is 2. The quantitative estimate of drug-likeness (QED) is 0.779. The van der Waals surface area contributed by atoms with Gasteiger partial charge in [0.15, 0.2) is 0 Å². The van der Waals surface area contributed by atoms with Crippen molar-refractivity contribution in [2.24, 2.45) is 17.8 Å². The molecule has 16 heavy (non-hydrogen) atoms. The van der Waals surface area contributed by atoms with Crippen molar-refractivity contribution in [2.45, 2.75) is 32.1 Å². The maximum atomic E-state index is 11.9. The van der Waals surface area contributed by atoms with Gasteiger partial charge in [0.2, 0.25) is 5.91 Å². The van der Waals surface area contributed by atoms with Crippen molar-refractivity contribution in [1.29, 1.82) is 0 Å². The van der Waals surface area contributed by atoms with E-state index in [4.69, 9.17) is 0 Å². The second-order valence-electron chi connectivity index (χ2n) is 5.78. The van der Waals surface area contributed by atoms with Crippen LogP contribution in [0.15, 0.2) is 0 Å². The number of hydrogen-bond donors (Lipinski definition) is 1. The van der Waals surface area contributed by atoms with Crippen LogP contribution in [0.3, 0.4) is 0 Å². The SMILES string of the molecule is O=C(CC1CC1)N1CCC(C2CNC2)CC1. The molecule has 2 saturated heterocycles. The normalized spacial score (nSPS) is 27.9. The molecule has 3 rings (SSSR count). The van der Waals surface area contributed by atoms with Gasteiger partial charge in [-0.05, 0) is 56.5 Å². The maximum absolute atomic E-state index is 11.9. The summed E-state index contributed by atoms with van der Waals surface area (Å²) in [5, 5.41) is 3.35. The topological polar surface area (TPSA) is 32.3 Å². The first-order chi connectivity index (χ1) is 7.83. The number of carbonyl (C=O) groups is 1. The second kappa shape index (κ2) is 4.36. The van der Waals surface area contributed by atoms with Crippen molar-refractivity contribution in [3.8, 4) is 0 Å². The van der Waals surface area contributed by atoms with Gasteiger partial charge in [-0.25, -0.2) is 0 Å². The van der Waals surface area contributed by atoms with Gasteiger partial charge in [0.25, 0.3) is 0 Å². The Morgan fingerprint density at radius 2 is 1.75 bits per heavy atom. The fourth-order valence-corrected chi connectivity index (χ4v) is 2.96. The summed E-state index contributed by atoms with van der Waals surface area (Å²) in [6.45, 7) is 4.46. The average Bonchev–Trinajstić information content (AvgIpc) is 3.00. The third-order valence-electron chi connectivity index (χ3n) is 4.53. The van der Waals surface area contributed by atoms with Gasteiger partial charge in [0, 0.05) is 19.5 Å². The van der Waals surface area contributed by atoms with E-state index < -0.39 is 0 Å². The van der Waals surface area contributed by atoms with E-state index in [9.17, 15) is 4.79 Å². The molecule has 0 aromatic carbocycles. The molecule has 0 spiro atoms. The highest BCUT2D eigenvalue weighted by Crippen LogP contribution is 2.34. The number of likely N-dealkylation sites (tertiary alicyclic amines) is 1. The number of carbonyl (C=O) groups excluding carboxylic acids is 1. The minimum Gasteiger partial charge on any atom is -0.343 e. The van der Waals surface area contributed by atoms with E-state index in [0.717, 1.165) is 37.3 Å². The van der Waals surface area contributed by atoms with Gasteiger partial charge in [0.05, 0.1) is 0 Å². The van der Waals surface area contributed by atoms with E-state index in [1.165, 1.54) is 38.8 Å². The third kappa shape index (κ3) is 2.24. The number of nitrogens with zero attached hydrogens (tertiary/aromatic N) is 1. The highest BCUT2D eigenvalue weighted by atomic mass is 16.2. The van der Waals surface area contributed by atoms with Gasteiger partial charge in [-0.3, -0.25) is 4.79 Å². The molecule has 90 valence electrons. The van der Waals surface area contributed by atoms with Crippen LogP contribution < -0.4 is 5.32 Å². The Morgan fingerprint density at radius 3 is 2.25 bits per heavy atom. The van der Waals surface area contributed by atoms with E-state index in [-0.39, 0.29) is 0 Å². The number of piperidine rings is 1. The zero-order chi connectivity index (χ0) is 11.0. The maximum Gasteiger partial charge on any atom is 0.222 e.